The zero-order valence-electron chi connectivity index (χ0n) is 18.5. The van der Waals surface area contributed by atoms with E-state index in [0.717, 1.165) is 11.1 Å². The number of rotatable bonds is 7. The van der Waals surface area contributed by atoms with Crippen molar-refractivity contribution in [2.45, 2.75) is 25.7 Å². The van der Waals surface area contributed by atoms with Crippen molar-refractivity contribution in [1.29, 1.82) is 0 Å². The molecule has 0 heterocycles. The highest BCUT2D eigenvalue weighted by Crippen LogP contribution is 2.21. The number of aryl methyl sites for hydroxylation is 2. The van der Waals surface area contributed by atoms with Gasteiger partial charge in [0.2, 0.25) is 5.91 Å². The summed E-state index contributed by atoms with van der Waals surface area (Å²) in [5.74, 6) is -0.765. The number of anilines is 1. The molecule has 0 atom stereocenters. The van der Waals surface area contributed by atoms with E-state index < -0.39 is 21.9 Å². The molecule has 8 heteroatoms. The SMILES string of the molecule is CC(=O)N/C(=C/c1ccc(OS(=O)(=O)c2ccc(C)cc2)cc1)C(=O)Nc1ccc(C)cc1. The van der Waals surface area contributed by atoms with E-state index in [-0.39, 0.29) is 16.3 Å². The van der Waals surface area contributed by atoms with Crippen LogP contribution in [0.25, 0.3) is 6.08 Å². The number of hydrogen-bond donors (Lipinski definition) is 2. The Morgan fingerprint density at radius 3 is 1.91 bits per heavy atom. The van der Waals surface area contributed by atoms with Crippen molar-refractivity contribution in [3.05, 3.63) is 95.2 Å². The Balaban J connectivity index is 1.77. The molecule has 0 aliphatic rings. The van der Waals surface area contributed by atoms with Crippen molar-refractivity contribution in [3.63, 3.8) is 0 Å². The quantitative estimate of drug-likeness (QED) is 0.403. The summed E-state index contributed by atoms with van der Waals surface area (Å²) >= 11 is 0. The first-order valence-electron chi connectivity index (χ1n) is 10.1. The van der Waals surface area contributed by atoms with Crippen LogP contribution in [0.1, 0.15) is 23.6 Å². The standard InChI is InChI=1S/C25H24N2O5S/c1-17-4-10-21(11-5-17)27-25(29)24(26-19(3)28)16-20-8-12-22(13-9-20)32-33(30,31)23-14-6-18(2)7-15-23/h4-16H,1-3H3,(H,26,28)(H,27,29)/b24-16+. The van der Waals surface area contributed by atoms with E-state index in [4.69, 9.17) is 4.18 Å². The van der Waals surface area contributed by atoms with Gasteiger partial charge in [0.25, 0.3) is 5.91 Å². The number of carbonyl (C=O) groups is 2. The first-order valence-corrected chi connectivity index (χ1v) is 11.5. The minimum atomic E-state index is -3.97. The van der Waals surface area contributed by atoms with Gasteiger partial charge < -0.3 is 14.8 Å². The molecule has 0 saturated heterocycles. The van der Waals surface area contributed by atoms with Crippen molar-refractivity contribution < 1.29 is 22.2 Å². The van der Waals surface area contributed by atoms with Gasteiger partial charge in [-0.2, -0.15) is 8.42 Å². The maximum absolute atomic E-state index is 12.7. The Hall–Kier alpha value is -3.91. The normalized spacial score (nSPS) is 11.5. The van der Waals surface area contributed by atoms with Gasteiger partial charge in [-0.1, -0.05) is 47.5 Å². The average molecular weight is 465 g/mol. The minimum absolute atomic E-state index is 0.0454. The highest BCUT2D eigenvalue weighted by atomic mass is 32.2. The van der Waals surface area contributed by atoms with E-state index >= 15 is 0 Å². The van der Waals surface area contributed by atoms with Crippen molar-refractivity contribution in [2.24, 2.45) is 0 Å². The Kier molecular flexibility index (Phi) is 7.30. The summed E-state index contributed by atoms with van der Waals surface area (Å²) in [5, 5.41) is 5.26. The lowest BCUT2D eigenvalue weighted by Crippen LogP contribution is -2.28. The molecule has 170 valence electrons. The lowest BCUT2D eigenvalue weighted by Gasteiger charge is -2.11. The molecule has 0 radical (unpaired) electrons. The molecule has 0 aromatic heterocycles. The zero-order chi connectivity index (χ0) is 24.0. The van der Waals surface area contributed by atoms with Crippen molar-refractivity contribution >= 4 is 33.7 Å². The fraction of sp³-hybridized carbons (Fsp3) is 0.120. The summed E-state index contributed by atoms with van der Waals surface area (Å²) in [7, 11) is -3.97. The monoisotopic (exact) mass is 464 g/mol. The second kappa shape index (κ2) is 10.1. The van der Waals surface area contributed by atoms with Gasteiger partial charge in [-0.15, -0.1) is 0 Å². The lowest BCUT2D eigenvalue weighted by molar-refractivity contribution is -0.120. The van der Waals surface area contributed by atoms with E-state index in [1.165, 1.54) is 37.3 Å². The zero-order valence-corrected chi connectivity index (χ0v) is 19.3. The minimum Gasteiger partial charge on any atom is -0.379 e. The molecule has 0 aliphatic carbocycles. The molecular weight excluding hydrogens is 440 g/mol. The van der Waals surface area contributed by atoms with Crippen LogP contribution in [0.3, 0.4) is 0 Å². The number of hydrogen-bond acceptors (Lipinski definition) is 5. The van der Waals surface area contributed by atoms with Gasteiger partial charge in [-0.05, 0) is 61.9 Å². The molecular formula is C25H24N2O5S. The second-order valence-corrected chi connectivity index (χ2v) is 9.03. The predicted octanol–water partition coefficient (Wildman–Crippen LogP) is 4.19. The smallest absolute Gasteiger partial charge is 0.339 e. The van der Waals surface area contributed by atoms with Gasteiger partial charge in [0, 0.05) is 12.6 Å². The molecule has 0 spiro atoms. The fourth-order valence-electron chi connectivity index (χ4n) is 2.85. The molecule has 0 bridgehead atoms. The average Bonchev–Trinajstić information content (AvgIpc) is 2.76. The predicted molar refractivity (Wildman–Crippen MR) is 127 cm³/mol. The molecule has 3 aromatic carbocycles. The Morgan fingerprint density at radius 1 is 0.818 bits per heavy atom. The summed E-state index contributed by atoms with van der Waals surface area (Å²) in [4.78, 5) is 24.3. The number of carbonyl (C=O) groups excluding carboxylic acids is 2. The van der Waals surface area contributed by atoms with Crippen LogP contribution in [0.2, 0.25) is 0 Å². The maximum atomic E-state index is 12.7. The maximum Gasteiger partial charge on any atom is 0.339 e. The third-order valence-electron chi connectivity index (χ3n) is 4.57. The van der Waals surface area contributed by atoms with Gasteiger partial charge in [0.15, 0.2) is 0 Å². The van der Waals surface area contributed by atoms with Gasteiger partial charge in [-0.3, -0.25) is 9.59 Å². The lowest BCUT2D eigenvalue weighted by atomic mass is 10.1. The Bertz CT molecular complexity index is 1280. The number of amides is 2. The summed E-state index contributed by atoms with van der Waals surface area (Å²) in [6.07, 6.45) is 1.49. The van der Waals surface area contributed by atoms with Crippen LogP contribution in [0.4, 0.5) is 5.69 Å². The number of benzene rings is 3. The number of nitrogens with one attached hydrogen (secondary N) is 2. The van der Waals surface area contributed by atoms with Crippen molar-refractivity contribution in [1.82, 2.24) is 5.32 Å². The van der Waals surface area contributed by atoms with Crippen LogP contribution >= 0.6 is 0 Å². The molecule has 3 rings (SSSR count). The summed E-state index contributed by atoms with van der Waals surface area (Å²) in [5.41, 5.74) is 3.19. The molecule has 3 aromatic rings. The fourth-order valence-corrected chi connectivity index (χ4v) is 3.78. The Labute approximate surface area is 193 Å². The summed E-state index contributed by atoms with van der Waals surface area (Å²) in [6, 6.07) is 19.7. The van der Waals surface area contributed by atoms with Crippen LogP contribution in [0, 0.1) is 13.8 Å². The van der Waals surface area contributed by atoms with Crippen LogP contribution in [0.15, 0.2) is 83.4 Å². The van der Waals surface area contributed by atoms with Gasteiger partial charge >= 0.3 is 10.1 Å². The highest BCUT2D eigenvalue weighted by molar-refractivity contribution is 7.87. The van der Waals surface area contributed by atoms with E-state index in [2.05, 4.69) is 10.6 Å². The molecule has 2 N–H and O–H groups in total. The molecule has 33 heavy (non-hydrogen) atoms. The molecule has 0 saturated carbocycles. The van der Waals surface area contributed by atoms with Crippen LogP contribution < -0.4 is 14.8 Å². The Morgan fingerprint density at radius 2 is 1.36 bits per heavy atom. The first kappa shape index (κ1) is 23.7. The van der Waals surface area contributed by atoms with Crippen molar-refractivity contribution in [3.8, 4) is 5.75 Å². The van der Waals surface area contributed by atoms with Crippen LogP contribution in [-0.4, -0.2) is 20.2 Å². The molecule has 0 aliphatic heterocycles. The first-order chi connectivity index (χ1) is 15.6. The largest absolute Gasteiger partial charge is 0.379 e. The van der Waals surface area contributed by atoms with E-state index in [0.29, 0.717) is 11.3 Å². The molecule has 2 amide bonds. The van der Waals surface area contributed by atoms with Gasteiger partial charge in [-0.25, -0.2) is 0 Å². The van der Waals surface area contributed by atoms with Crippen molar-refractivity contribution in [2.75, 3.05) is 5.32 Å². The van der Waals surface area contributed by atoms with E-state index in [1.807, 2.05) is 26.0 Å². The molecule has 0 unspecified atom stereocenters. The van der Waals surface area contributed by atoms with Gasteiger partial charge in [0.1, 0.15) is 16.3 Å². The highest BCUT2D eigenvalue weighted by Gasteiger charge is 2.16. The third kappa shape index (κ3) is 6.78. The van der Waals surface area contributed by atoms with E-state index in [9.17, 15) is 18.0 Å². The van der Waals surface area contributed by atoms with Crippen LogP contribution in [0.5, 0.6) is 5.75 Å². The van der Waals surface area contributed by atoms with E-state index in [1.54, 1.807) is 36.4 Å². The molecule has 7 nitrogen and oxygen atoms in total. The summed E-state index contributed by atoms with van der Waals surface area (Å²) < 4.78 is 30.1. The van der Waals surface area contributed by atoms with Gasteiger partial charge in [0.05, 0.1) is 0 Å². The van der Waals surface area contributed by atoms with Crippen LogP contribution in [-0.2, 0) is 19.7 Å². The topological polar surface area (TPSA) is 102 Å². The second-order valence-electron chi connectivity index (χ2n) is 7.48. The molecule has 0 fully saturated rings. The summed E-state index contributed by atoms with van der Waals surface area (Å²) in [6.45, 7) is 5.10. The third-order valence-corrected chi connectivity index (χ3v) is 5.83.